The number of carbonyl (C=O) groups excluding carboxylic acids is 1. The number of aromatic nitrogens is 2. The Bertz CT molecular complexity index is 1560. The quantitative estimate of drug-likeness (QED) is 0.263. The van der Waals surface area contributed by atoms with E-state index < -0.39 is 10.0 Å². The summed E-state index contributed by atoms with van der Waals surface area (Å²) in [5, 5.41) is 5.85. The zero-order valence-electron chi connectivity index (χ0n) is 20.3. The summed E-state index contributed by atoms with van der Waals surface area (Å²) >= 11 is 3.49. The number of para-hydroxylation sites is 2. The Kier molecular flexibility index (Phi) is 7.91. The Balaban J connectivity index is 1.70. The Morgan fingerprint density at radius 2 is 1.68 bits per heavy atom. The maximum absolute atomic E-state index is 13.4. The highest BCUT2D eigenvalue weighted by atomic mass is 79.9. The van der Waals surface area contributed by atoms with E-state index in [1.165, 1.54) is 12.1 Å². The van der Waals surface area contributed by atoms with Crippen molar-refractivity contribution in [1.82, 2.24) is 14.9 Å². The van der Waals surface area contributed by atoms with E-state index in [4.69, 9.17) is 4.74 Å². The normalized spacial score (nSPS) is 11.4. The molecule has 0 spiro atoms. The van der Waals surface area contributed by atoms with Gasteiger partial charge >= 0.3 is 0 Å². The molecule has 0 aliphatic carbocycles. The number of halogens is 1. The SMILES string of the molecule is COc1ccc(Br)c(Nc2nc3ccccc3nc2NS(=O)(=O)c2cccc(NC(=O)CN(C)C)c2)c1. The fraction of sp³-hybridized carbons (Fsp3) is 0.160. The number of ether oxygens (including phenoxy) is 1. The van der Waals surface area contributed by atoms with Crippen LogP contribution in [0.4, 0.5) is 23.0 Å². The molecule has 0 aliphatic rings. The zero-order chi connectivity index (χ0) is 26.6. The van der Waals surface area contributed by atoms with Crippen molar-refractivity contribution in [3.05, 3.63) is 71.2 Å². The van der Waals surface area contributed by atoms with Crippen molar-refractivity contribution < 1.29 is 17.9 Å². The largest absolute Gasteiger partial charge is 0.497 e. The molecule has 0 saturated heterocycles. The van der Waals surface area contributed by atoms with E-state index in [2.05, 4.69) is 41.3 Å². The number of carbonyl (C=O) groups is 1. The first-order valence-electron chi connectivity index (χ1n) is 11.1. The molecule has 1 heterocycles. The number of amides is 1. The van der Waals surface area contributed by atoms with Crippen LogP contribution in [0.3, 0.4) is 0 Å². The highest BCUT2D eigenvalue weighted by Gasteiger charge is 2.20. The second-order valence-electron chi connectivity index (χ2n) is 8.30. The molecule has 0 unspecified atom stereocenters. The number of nitrogens with one attached hydrogen (secondary N) is 3. The summed E-state index contributed by atoms with van der Waals surface area (Å²) in [7, 11) is 1.00. The molecule has 12 heteroatoms. The third-order valence-electron chi connectivity index (χ3n) is 5.12. The van der Waals surface area contributed by atoms with E-state index in [1.54, 1.807) is 74.6 Å². The highest BCUT2D eigenvalue weighted by Crippen LogP contribution is 2.33. The molecule has 4 rings (SSSR count). The van der Waals surface area contributed by atoms with Crippen LogP contribution in [0, 0.1) is 0 Å². The molecule has 10 nitrogen and oxygen atoms in total. The molecular weight excluding hydrogens is 560 g/mol. The molecule has 0 radical (unpaired) electrons. The maximum Gasteiger partial charge on any atom is 0.263 e. The smallest absolute Gasteiger partial charge is 0.263 e. The molecule has 0 saturated carbocycles. The van der Waals surface area contributed by atoms with Crippen LogP contribution in [0.2, 0.25) is 0 Å². The standard InChI is InChI=1S/C25H25BrN6O4S/c1-32(2)15-23(33)27-16-7-6-8-18(13-16)37(34,35)31-25-24(28-20-9-4-5-10-21(20)29-25)30-22-14-17(36-3)11-12-19(22)26/h4-14H,15H2,1-3H3,(H,27,33)(H,28,30)(H,29,31). The van der Waals surface area contributed by atoms with Crippen LogP contribution in [-0.4, -0.2) is 56.9 Å². The summed E-state index contributed by atoms with van der Waals surface area (Å²) in [6.07, 6.45) is 0. The molecule has 192 valence electrons. The van der Waals surface area contributed by atoms with Gasteiger partial charge in [-0.3, -0.25) is 9.52 Å². The Hall–Kier alpha value is -3.74. The molecule has 3 aromatic carbocycles. The van der Waals surface area contributed by atoms with E-state index >= 15 is 0 Å². The van der Waals surface area contributed by atoms with Gasteiger partial charge in [-0.2, -0.15) is 0 Å². The van der Waals surface area contributed by atoms with Crippen LogP contribution in [-0.2, 0) is 14.8 Å². The molecule has 0 bridgehead atoms. The van der Waals surface area contributed by atoms with Crippen molar-refractivity contribution in [2.24, 2.45) is 0 Å². The first kappa shape index (κ1) is 26.3. The summed E-state index contributed by atoms with van der Waals surface area (Å²) < 4.78 is 35.3. The second-order valence-corrected chi connectivity index (χ2v) is 10.8. The van der Waals surface area contributed by atoms with E-state index in [1.807, 2.05) is 6.07 Å². The van der Waals surface area contributed by atoms with Gasteiger partial charge < -0.3 is 20.3 Å². The van der Waals surface area contributed by atoms with Gasteiger partial charge in [-0.1, -0.05) is 18.2 Å². The number of methoxy groups -OCH3 is 1. The Morgan fingerprint density at radius 1 is 0.973 bits per heavy atom. The number of rotatable bonds is 9. The van der Waals surface area contributed by atoms with Gasteiger partial charge in [-0.15, -0.1) is 0 Å². The fourth-order valence-electron chi connectivity index (χ4n) is 3.43. The molecule has 0 fully saturated rings. The summed E-state index contributed by atoms with van der Waals surface area (Å²) in [6.45, 7) is 0.163. The molecular formula is C25H25BrN6O4S. The van der Waals surface area contributed by atoms with Gasteiger partial charge in [-0.05, 0) is 72.5 Å². The van der Waals surface area contributed by atoms with Crippen molar-refractivity contribution in [2.45, 2.75) is 4.90 Å². The summed E-state index contributed by atoms with van der Waals surface area (Å²) in [5.74, 6) is 0.556. The summed E-state index contributed by atoms with van der Waals surface area (Å²) in [5.41, 5.74) is 2.06. The van der Waals surface area contributed by atoms with Crippen LogP contribution in [0.15, 0.2) is 76.1 Å². The van der Waals surface area contributed by atoms with Crippen LogP contribution < -0.4 is 20.1 Å². The monoisotopic (exact) mass is 584 g/mol. The van der Waals surface area contributed by atoms with Crippen molar-refractivity contribution in [2.75, 3.05) is 43.1 Å². The molecule has 0 atom stereocenters. The van der Waals surface area contributed by atoms with Crippen LogP contribution >= 0.6 is 15.9 Å². The van der Waals surface area contributed by atoms with Crippen LogP contribution in [0.25, 0.3) is 11.0 Å². The molecule has 37 heavy (non-hydrogen) atoms. The third-order valence-corrected chi connectivity index (χ3v) is 7.14. The van der Waals surface area contributed by atoms with Gasteiger partial charge in [0, 0.05) is 16.2 Å². The molecule has 1 amide bonds. The molecule has 3 N–H and O–H groups in total. The van der Waals surface area contributed by atoms with Gasteiger partial charge in [0.15, 0.2) is 11.6 Å². The van der Waals surface area contributed by atoms with Crippen molar-refractivity contribution in [3.8, 4) is 5.75 Å². The van der Waals surface area contributed by atoms with Crippen molar-refractivity contribution in [1.29, 1.82) is 0 Å². The van der Waals surface area contributed by atoms with E-state index in [0.717, 1.165) is 4.47 Å². The molecule has 4 aromatic rings. The number of hydrogen-bond donors (Lipinski definition) is 3. The van der Waals surface area contributed by atoms with E-state index in [9.17, 15) is 13.2 Å². The van der Waals surface area contributed by atoms with Gasteiger partial charge in [0.05, 0.1) is 35.3 Å². The number of likely N-dealkylation sites (N-methyl/N-ethyl adjacent to an activating group) is 1. The number of benzene rings is 3. The Morgan fingerprint density at radius 3 is 2.35 bits per heavy atom. The van der Waals surface area contributed by atoms with Crippen molar-refractivity contribution >= 4 is 65.9 Å². The minimum Gasteiger partial charge on any atom is -0.497 e. The number of nitrogens with zero attached hydrogens (tertiary/aromatic N) is 3. The number of fused-ring (bicyclic) bond motifs is 1. The molecule has 1 aromatic heterocycles. The second kappa shape index (κ2) is 11.1. The number of sulfonamides is 1. The van der Waals surface area contributed by atoms with E-state index in [-0.39, 0.29) is 29.0 Å². The minimum atomic E-state index is -4.09. The topological polar surface area (TPSA) is 126 Å². The third kappa shape index (κ3) is 6.53. The highest BCUT2D eigenvalue weighted by molar-refractivity contribution is 9.10. The van der Waals surface area contributed by atoms with Crippen LogP contribution in [0.5, 0.6) is 5.75 Å². The Labute approximate surface area is 223 Å². The lowest BCUT2D eigenvalue weighted by atomic mass is 10.3. The lowest BCUT2D eigenvalue weighted by Gasteiger charge is -2.16. The van der Waals surface area contributed by atoms with Gasteiger partial charge in [0.2, 0.25) is 5.91 Å². The van der Waals surface area contributed by atoms with Gasteiger partial charge in [0.1, 0.15) is 5.75 Å². The predicted octanol–water partition coefficient (Wildman–Crippen LogP) is 4.45. The van der Waals surface area contributed by atoms with Crippen LogP contribution in [0.1, 0.15) is 0 Å². The lowest BCUT2D eigenvalue weighted by Crippen LogP contribution is -2.27. The summed E-state index contributed by atoms with van der Waals surface area (Å²) in [6, 6.07) is 18.5. The van der Waals surface area contributed by atoms with Crippen molar-refractivity contribution in [3.63, 3.8) is 0 Å². The van der Waals surface area contributed by atoms with Gasteiger partial charge in [-0.25, -0.2) is 18.4 Å². The molecule has 0 aliphatic heterocycles. The van der Waals surface area contributed by atoms with E-state index in [0.29, 0.717) is 28.2 Å². The lowest BCUT2D eigenvalue weighted by molar-refractivity contribution is -0.116. The first-order valence-corrected chi connectivity index (χ1v) is 13.4. The van der Waals surface area contributed by atoms with Gasteiger partial charge in [0.25, 0.3) is 10.0 Å². The average molecular weight is 585 g/mol. The number of hydrogen-bond acceptors (Lipinski definition) is 8. The minimum absolute atomic E-state index is 0.00969. The maximum atomic E-state index is 13.4. The number of anilines is 4. The fourth-order valence-corrected chi connectivity index (χ4v) is 4.83. The average Bonchev–Trinajstić information content (AvgIpc) is 2.85. The predicted molar refractivity (Wildman–Crippen MR) is 148 cm³/mol. The zero-order valence-corrected chi connectivity index (χ0v) is 22.7. The summed E-state index contributed by atoms with van der Waals surface area (Å²) in [4.78, 5) is 22.9. The first-order chi connectivity index (χ1) is 17.6.